The molecular weight excluding hydrogens is 424 g/mol. The van der Waals surface area contributed by atoms with Gasteiger partial charge in [-0.15, -0.1) is 0 Å². The lowest BCUT2D eigenvalue weighted by Gasteiger charge is -2.20. The van der Waals surface area contributed by atoms with Crippen molar-refractivity contribution in [3.05, 3.63) is 35.9 Å². The third-order valence-electron chi connectivity index (χ3n) is 5.22. The van der Waals surface area contributed by atoms with E-state index >= 15 is 0 Å². The van der Waals surface area contributed by atoms with Crippen molar-refractivity contribution < 1.29 is 29.0 Å². The second-order valence-electron chi connectivity index (χ2n) is 8.42. The van der Waals surface area contributed by atoms with Gasteiger partial charge in [-0.2, -0.15) is 0 Å². The van der Waals surface area contributed by atoms with Crippen molar-refractivity contribution in [3.8, 4) is 11.5 Å². The number of ether oxygens (including phenoxy) is 2. The molecule has 1 aromatic carbocycles. The summed E-state index contributed by atoms with van der Waals surface area (Å²) < 4.78 is 10.6. The van der Waals surface area contributed by atoms with Crippen LogP contribution in [0.5, 0.6) is 11.5 Å². The van der Waals surface area contributed by atoms with Gasteiger partial charge in [0.25, 0.3) is 0 Å². The fourth-order valence-corrected chi connectivity index (χ4v) is 3.05. The number of nitrogens with one attached hydrogen (secondary N) is 2. The molecule has 1 unspecified atom stereocenters. The number of methoxy groups -OCH3 is 1. The Balaban J connectivity index is 2.56. The number of rotatable bonds is 14. The molecule has 0 aromatic heterocycles. The molecule has 33 heavy (non-hydrogen) atoms. The van der Waals surface area contributed by atoms with Gasteiger partial charge in [-0.1, -0.05) is 52.3 Å². The number of amides is 2. The second-order valence-corrected chi connectivity index (χ2v) is 8.42. The molecule has 184 valence electrons. The monoisotopic (exact) mass is 462 g/mol. The van der Waals surface area contributed by atoms with Crippen LogP contribution in [-0.2, 0) is 16.1 Å². The standard InChI is InChI=1S/C25H38N2O6/c1-6-18(4)23(24(29)30)27-25(31)33-20-14-13-19(15-21(20)32-5)16-26-22(28)12-10-8-7-9-11-17(2)3/h9,11,13-15,17-18,23H,6-8,10,12,16H2,1-5H3,(H,26,28)(H,27,31)(H,29,30)/b11-9+/t18?,23-/m0/s1. The summed E-state index contributed by atoms with van der Waals surface area (Å²) in [5.41, 5.74) is 0.788. The first-order valence-electron chi connectivity index (χ1n) is 11.5. The zero-order valence-corrected chi connectivity index (χ0v) is 20.3. The molecule has 0 aliphatic heterocycles. The first kappa shape index (κ1) is 28.0. The number of carbonyl (C=O) groups is 3. The third-order valence-corrected chi connectivity index (χ3v) is 5.22. The molecule has 2 atom stereocenters. The van der Waals surface area contributed by atoms with Gasteiger partial charge >= 0.3 is 12.1 Å². The van der Waals surface area contributed by atoms with Gasteiger partial charge in [-0.3, -0.25) is 4.79 Å². The minimum atomic E-state index is -1.12. The number of carbonyl (C=O) groups excluding carboxylic acids is 2. The van der Waals surface area contributed by atoms with E-state index in [0.29, 0.717) is 31.1 Å². The number of hydrogen-bond acceptors (Lipinski definition) is 5. The first-order chi connectivity index (χ1) is 15.7. The van der Waals surface area contributed by atoms with Crippen molar-refractivity contribution in [1.29, 1.82) is 0 Å². The van der Waals surface area contributed by atoms with Crippen LogP contribution in [0.25, 0.3) is 0 Å². The molecule has 1 aromatic rings. The number of hydrogen-bond donors (Lipinski definition) is 3. The van der Waals surface area contributed by atoms with Crippen molar-refractivity contribution in [2.24, 2.45) is 11.8 Å². The van der Waals surface area contributed by atoms with Gasteiger partial charge in [0.05, 0.1) is 7.11 Å². The molecule has 0 radical (unpaired) electrons. The summed E-state index contributed by atoms with van der Waals surface area (Å²) in [5.74, 6) is -0.378. The number of unbranched alkanes of at least 4 members (excludes halogenated alkanes) is 2. The Kier molecular flexibility index (Phi) is 12.7. The molecule has 0 aliphatic rings. The number of benzene rings is 1. The highest BCUT2D eigenvalue weighted by Crippen LogP contribution is 2.28. The Hall–Kier alpha value is -3.03. The lowest BCUT2D eigenvalue weighted by Crippen LogP contribution is -2.46. The average Bonchev–Trinajstić information content (AvgIpc) is 2.78. The molecule has 0 aliphatic carbocycles. The van der Waals surface area contributed by atoms with Gasteiger partial charge in [0.1, 0.15) is 6.04 Å². The summed E-state index contributed by atoms with van der Waals surface area (Å²) in [6.45, 7) is 8.18. The molecule has 8 heteroatoms. The molecule has 8 nitrogen and oxygen atoms in total. The Morgan fingerprint density at radius 3 is 2.45 bits per heavy atom. The molecule has 0 spiro atoms. The quantitative estimate of drug-likeness (QED) is 0.273. The molecule has 0 saturated heterocycles. The zero-order chi connectivity index (χ0) is 24.8. The van der Waals surface area contributed by atoms with Crippen molar-refractivity contribution >= 4 is 18.0 Å². The normalized spacial score (nSPS) is 12.9. The summed E-state index contributed by atoms with van der Waals surface area (Å²) in [6.07, 6.45) is 7.29. The van der Waals surface area contributed by atoms with Crippen LogP contribution in [0, 0.1) is 11.8 Å². The van der Waals surface area contributed by atoms with Crippen LogP contribution in [0.1, 0.15) is 65.4 Å². The van der Waals surface area contributed by atoms with E-state index in [1.54, 1.807) is 25.1 Å². The Morgan fingerprint density at radius 1 is 1.12 bits per heavy atom. The number of allylic oxidation sites excluding steroid dienone is 2. The SMILES string of the molecule is CCC(C)[C@H](NC(=O)Oc1ccc(CNC(=O)CCCC/C=C/C(C)C)cc1OC)C(=O)O. The fraction of sp³-hybridized carbons (Fsp3) is 0.560. The van der Waals surface area contributed by atoms with Gasteiger partial charge in [-0.05, 0) is 48.8 Å². The summed E-state index contributed by atoms with van der Waals surface area (Å²) in [4.78, 5) is 35.7. The van der Waals surface area contributed by atoms with E-state index in [4.69, 9.17) is 9.47 Å². The van der Waals surface area contributed by atoms with E-state index in [1.165, 1.54) is 7.11 Å². The molecular formula is C25H38N2O6. The molecule has 2 amide bonds. The largest absolute Gasteiger partial charge is 0.493 e. The smallest absolute Gasteiger partial charge is 0.413 e. The zero-order valence-electron chi connectivity index (χ0n) is 20.3. The van der Waals surface area contributed by atoms with Crippen molar-refractivity contribution in [2.45, 2.75) is 72.4 Å². The minimum Gasteiger partial charge on any atom is -0.493 e. The van der Waals surface area contributed by atoms with Crippen LogP contribution in [0.3, 0.4) is 0 Å². The van der Waals surface area contributed by atoms with E-state index in [-0.39, 0.29) is 17.6 Å². The van der Waals surface area contributed by atoms with Gasteiger partial charge in [0, 0.05) is 13.0 Å². The van der Waals surface area contributed by atoms with Crippen LogP contribution in [0.2, 0.25) is 0 Å². The highest BCUT2D eigenvalue weighted by molar-refractivity contribution is 5.81. The summed E-state index contributed by atoms with van der Waals surface area (Å²) >= 11 is 0. The van der Waals surface area contributed by atoms with Gasteiger partial charge in [0.15, 0.2) is 11.5 Å². The lowest BCUT2D eigenvalue weighted by molar-refractivity contribution is -0.140. The predicted molar refractivity (Wildman–Crippen MR) is 127 cm³/mol. The van der Waals surface area contributed by atoms with Crippen LogP contribution >= 0.6 is 0 Å². The highest BCUT2D eigenvalue weighted by Gasteiger charge is 2.26. The maximum atomic E-state index is 12.2. The molecule has 1 rings (SSSR count). The maximum absolute atomic E-state index is 12.2. The molecule has 0 fully saturated rings. The van der Waals surface area contributed by atoms with Crippen LogP contribution in [-0.4, -0.2) is 36.2 Å². The maximum Gasteiger partial charge on any atom is 0.413 e. The van der Waals surface area contributed by atoms with Crippen molar-refractivity contribution in [1.82, 2.24) is 10.6 Å². The van der Waals surface area contributed by atoms with Crippen molar-refractivity contribution in [2.75, 3.05) is 7.11 Å². The van der Waals surface area contributed by atoms with Crippen molar-refractivity contribution in [3.63, 3.8) is 0 Å². The summed E-state index contributed by atoms with van der Waals surface area (Å²) in [5, 5.41) is 14.6. The number of carboxylic acid groups (broad SMARTS) is 1. The average molecular weight is 463 g/mol. The molecule has 3 N–H and O–H groups in total. The summed E-state index contributed by atoms with van der Waals surface area (Å²) in [6, 6.07) is 3.89. The van der Waals surface area contributed by atoms with E-state index in [2.05, 4.69) is 36.6 Å². The number of carboxylic acids is 1. The summed E-state index contributed by atoms with van der Waals surface area (Å²) in [7, 11) is 1.44. The van der Waals surface area contributed by atoms with Crippen LogP contribution in [0.15, 0.2) is 30.4 Å². The van der Waals surface area contributed by atoms with E-state index < -0.39 is 18.1 Å². The van der Waals surface area contributed by atoms with E-state index in [9.17, 15) is 19.5 Å². The number of aliphatic carboxylic acids is 1. The molecule has 0 bridgehead atoms. The lowest BCUT2D eigenvalue weighted by atomic mass is 10.00. The highest BCUT2D eigenvalue weighted by atomic mass is 16.6. The second kappa shape index (κ2) is 14.9. The van der Waals surface area contributed by atoms with Gasteiger partial charge in [-0.25, -0.2) is 9.59 Å². The van der Waals surface area contributed by atoms with E-state index in [0.717, 1.165) is 24.8 Å². The third kappa shape index (κ3) is 10.9. The Labute approximate surface area is 196 Å². The first-order valence-corrected chi connectivity index (χ1v) is 11.5. The predicted octanol–water partition coefficient (Wildman–Crippen LogP) is 4.67. The van der Waals surface area contributed by atoms with Crippen LogP contribution in [0.4, 0.5) is 4.79 Å². The van der Waals surface area contributed by atoms with Gasteiger partial charge in [0.2, 0.25) is 5.91 Å². The molecule has 0 heterocycles. The van der Waals surface area contributed by atoms with Gasteiger partial charge < -0.3 is 25.2 Å². The molecule has 0 saturated carbocycles. The van der Waals surface area contributed by atoms with Crippen LogP contribution < -0.4 is 20.1 Å². The fourth-order valence-electron chi connectivity index (χ4n) is 3.05. The topological polar surface area (TPSA) is 114 Å². The Morgan fingerprint density at radius 2 is 1.85 bits per heavy atom. The van der Waals surface area contributed by atoms with E-state index in [1.807, 2.05) is 6.92 Å². The Bertz CT molecular complexity index is 806. The minimum absolute atomic E-state index is 0.0220.